The van der Waals surface area contributed by atoms with Crippen molar-refractivity contribution in [1.29, 1.82) is 0 Å². The number of hydrogen-bond donors (Lipinski definition) is 4. The van der Waals surface area contributed by atoms with E-state index in [2.05, 4.69) is 0 Å². The van der Waals surface area contributed by atoms with E-state index < -0.39 is 36.3 Å². The van der Waals surface area contributed by atoms with Crippen LogP contribution in [-0.4, -0.2) is 64.2 Å². The Kier molecular flexibility index (Phi) is 5.80. The van der Waals surface area contributed by atoms with Crippen molar-refractivity contribution < 1.29 is 34.6 Å². The van der Waals surface area contributed by atoms with Crippen LogP contribution in [0.3, 0.4) is 0 Å². The summed E-state index contributed by atoms with van der Waals surface area (Å²) in [6, 6.07) is 12.7. The van der Waals surface area contributed by atoms with Crippen LogP contribution in [0.15, 0.2) is 42.5 Å². The predicted octanol–water partition coefficient (Wildman–Crippen LogP) is 1.36. The molecular weight excluding hydrogens is 412 g/mol. The Labute approximate surface area is 179 Å². The molecule has 2 bridgehead atoms. The van der Waals surface area contributed by atoms with Gasteiger partial charge in [-0.3, -0.25) is 0 Å². The van der Waals surface area contributed by atoms with Crippen molar-refractivity contribution in [3.8, 4) is 5.75 Å². The van der Waals surface area contributed by atoms with Gasteiger partial charge in [0.1, 0.15) is 29.7 Å². The average molecular weight is 437 g/mol. The fourth-order valence-corrected chi connectivity index (χ4v) is 4.28. The predicted molar refractivity (Wildman–Crippen MR) is 108 cm³/mol. The Morgan fingerprint density at radius 1 is 1.10 bits per heavy atom. The number of halogens is 1. The fourth-order valence-electron chi connectivity index (χ4n) is 4.09. The van der Waals surface area contributed by atoms with Crippen molar-refractivity contribution in [2.24, 2.45) is 0 Å². The summed E-state index contributed by atoms with van der Waals surface area (Å²) in [6.45, 7) is 1.78. The summed E-state index contributed by atoms with van der Waals surface area (Å²) in [6.07, 6.45) is -4.06. The summed E-state index contributed by atoms with van der Waals surface area (Å²) < 4.78 is 17.1. The van der Waals surface area contributed by atoms with E-state index >= 15 is 0 Å². The Hall–Kier alpha value is -1.71. The lowest BCUT2D eigenvalue weighted by Crippen LogP contribution is -2.65. The molecule has 0 amide bonds. The fraction of sp³-hybridized carbons (Fsp3) is 0.455. The first-order valence-electron chi connectivity index (χ1n) is 9.85. The van der Waals surface area contributed by atoms with E-state index in [0.717, 1.165) is 16.9 Å². The number of aliphatic hydroxyl groups is 4. The Morgan fingerprint density at radius 3 is 2.50 bits per heavy atom. The molecule has 2 aromatic carbocycles. The molecule has 8 heteroatoms. The van der Waals surface area contributed by atoms with Crippen LogP contribution >= 0.6 is 11.6 Å². The molecule has 2 saturated heterocycles. The molecule has 30 heavy (non-hydrogen) atoms. The summed E-state index contributed by atoms with van der Waals surface area (Å²) in [5, 5.41) is 41.7. The highest BCUT2D eigenvalue weighted by Gasteiger charge is 2.67. The number of ether oxygens (including phenoxy) is 3. The van der Waals surface area contributed by atoms with Crippen molar-refractivity contribution >= 4 is 11.6 Å². The standard InChI is InChI=1S/C22H25ClO7/c1-2-28-16-6-3-13(4-7-16)9-14-10-15(5-8-17(14)23)22-20(27)18(25)19(26)21(11-24,30-22)12-29-22/h3-8,10,18-20,24-27H,2,9,11-12H2,1H3/t18-,19-,20+,21?,22-/m0/s1. The second-order valence-corrected chi connectivity index (χ2v) is 8.13. The van der Waals surface area contributed by atoms with Gasteiger partial charge in [0.15, 0.2) is 0 Å². The molecule has 2 aliphatic rings. The molecule has 4 rings (SSSR count). The number of rotatable bonds is 6. The Bertz CT molecular complexity index is 905. The van der Waals surface area contributed by atoms with Gasteiger partial charge in [-0.1, -0.05) is 29.8 Å². The van der Waals surface area contributed by atoms with Crippen LogP contribution in [0, 0.1) is 0 Å². The van der Waals surface area contributed by atoms with Crippen molar-refractivity contribution in [2.45, 2.75) is 43.0 Å². The van der Waals surface area contributed by atoms with Crippen molar-refractivity contribution in [3.63, 3.8) is 0 Å². The number of aliphatic hydroxyl groups excluding tert-OH is 4. The van der Waals surface area contributed by atoms with Gasteiger partial charge in [-0.15, -0.1) is 0 Å². The first kappa shape index (κ1) is 21.5. The zero-order valence-electron chi connectivity index (χ0n) is 16.5. The van der Waals surface area contributed by atoms with Gasteiger partial charge in [0, 0.05) is 10.6 Å². The Morgan fingerprint density at radius 2 is 1.83 bits per heavy atom. The largest absolute Gasteiger partial charge is 0.494 e. The molecular formula is C22H25ClO7. The van der Waals surface area contributed by atoms with E-state index in [1.54, 1.807) is 18.2 Å². The van der Waals surface area contributed by atoms with E-state index in [1.807, 2.05) is 31.2 Å². The molecule has 0 aromatic heterocycles. The van der Waals surface area contributed by atoms with Crippen LogP contribution in [0.2, 0.25) is 5.02 Å². The minimum atomic E-state index is -1.71. The van der Waals surface area contributed by atoms with Crippen LogP contribution in [-0.2, 0) is 21.7 Å². The van der Waals surface area contributed by atoms with Gasteiger partial charge in [0.2, 0.25) is 5.79 Å². The van der Waals surface area contributed by atoms with Crippen LogP contribution in [0.4, 0.5) is 0 Å². The molecule has 0 saturated carbocycles. The molecule has 5 atom stereocenters. The smallest absolute Gasteiger partial charge is 0.225 e. The summed E-state index contributed by atoms with van der Waals surface area (Å²) in [5.74, 6) is -0.925. The van der Waals surface area contributed by atoms with E-state index in [0.29, 0.717) is 23.6 Å². The lowest BCUT2D eigenvalue weighted by atomic mass is 9.83. The third kappa shape index (κ3) is 3.40. The van der Waals surface area contributed by atoms with Gasteiger partial charge in [-0.2, -0.15) is 0 Å². The molecule has 0 aliphatic carbocycles. The van der Waals surface area contributed by atoms with Crippen molar-refractivity contribution in [1.82, 2.24) is 0 Å². The molecule has 2 heterocycles. The maximum Gasteiger partial charge on any atom is 0.225 e. The van der Waals surface area contributed by atoms with E-state index in [1.165, 1.54) is 0 Å². The maximum absolute atomic E-state index is 10.7. The highest BCUT2D eigenvalue weighted by Crippen LogP contribution is 2.49. The van der Waals surface area contributed by atoms with Gasteiger partial charge >= 0.3 is 0 Å². The average Bonchev–Trinajstić information content (AvgIpc) is 3.14. The molecule has 2 aliphatic heterocycles. The number of fused-ring (bicyclic) bond motifs is 2. The third-order valence-electron chi connectivity index (χ3n) is 5.81. The van der Waals surface area contributed by atoms with Gasteiger partial charge < -0.3 is 34.6 Å². The van der Waals surface area contributed by atoms with Gasteiger partial charge in [0.05, 0.1) is 19.8 Å². The van der Waals surface area contributed by atoms with Crippen LogP contribution in [0.5, 0.6) is 5.75 Å². The second kappa shape index (κ2) is 8.09. The van der Waals surface area contributed by atoms with Gasteiger partial charge in [-0.05, 0) is 48.7 Å². The molecule has 7 nitrogen and oxygen atoms in total. The van der Waals surface area contributed by atoms with Crippen LogP contribution in [0.25, 0.3) is 0 Å². The molecule has 0 spiro atoms. The maximum atomic E-state index is 10.7. The number of hydrogen-bond acceptors (Lipinski definition) is 7. The molecule has 162 valence electrons. The minimum Gasteiger partial charge on any atom is -0.494 e. The van der Waals surface area contributed by atoms with E-state index in [-0.39, 0.29) is 6.61 Å². The highest BCUT2D eigenvalue weighted by molar-refractivity contribution is 6.31. The SMILES string of the molecule is CCOc1ccc(Cc2cc([C@]34OCC(CO)(O3)[C@@H](O)[C@H](O)[C@H]4O)ccc2Cl)cc1. The topological polar surface area (TPSA) is 109 Å². The molecule has 2 fully saturated rings. The molecule has 0 radical (unpaired) electrons. The van der Waals surface area contributed by atoms with Gasteiger partial charge in [-0.25, -0.2) is 0 Å². The van der Waals surface area contributed by atoms with Crippen LogP contribution in [0.1, 0.15) is 23.6 Å². The quantitative estimate of drug-likeness (QED) is 0.541. The first-order valence-corrected chi connectivity index (χ1v) is 10.2. The monoisotopic (exact) mass is 436 g/mol. The lowest BCUT2D eigenvalue weighted by molar-refractivity contribution is -0.329. The zero-order valence-corrected chi connectivity index (χ0v) is 17.2. The first-order chi connectivity index (χ1) is 14.3. The third-order valence-corrected chi connectivity index (χ3v) is 6.17. The van der Waals surface area contributed by atoms with Crippen molar-refractivity contribution in [3.05, 3.63) is 64.2 Å². The summed E-state index contributed by atoms with van der Waals surface area (Å²) in [7, 11) is 0. The highest BCUT2D eigenvalue weighted by atomic mass is 35.5. The molecule has 4 N–H and O–H groups in total. The zero-order chi connectivity index (χ0) is 21.5. The number of benzene rings is 2. The van der Waals surface area contributed by atoms with Crippen LogP contribution < -0.4 is 4.74 Å². The van der Waals surface area contributed by atoms with Crippen molar-refractivity contribution in [2.75, 3.05) is 19.8 Å². The normalized spacial score (nSPS) is 32.9. The van der Waals surface area contributed by atoms with E-state index in [9.17, 15) is 20.4 Å². The summed E-state index contributed by atoms with van der Waals surface area (Å²) >= 11 is 6.41. The molecule has 2 aromatic rings. The lowest BCUT2D eigenvalue weighted by Gasteiger charge is -2.46. The summed E-state index contributed by atoms with van der Waals surface area (Å²) in [4.78, 5) is 0. The Balaban J connectivity index is 1.66. The summed E-state index contributed by atoms with van der Waals surface area (Å²) in [5.41, 5.74) is 0.719. The van der Waals surface area contributed by atoms with Gasteiger partial charge in [0.25, 0.3) is 0 Å². The molecule has 1 unspecified atom stereocenters. The minimum absolute atomic E-state index is 0.171. The van der Waals surface area contributed by atoms with E-state index in [4.69, 9.17) is 25.8 Å². The second-order valence-electron chi connectivity index (χ2n) is 7.72.